The van der Waals surface area contributed by atoms with Crippen LogP contribution in [0.15, 0.2) is 51.6 Å². The van der Waals surface area contributed by atoms with E-state index in [4.69, 9.17) is 4.74 Å². The lowest BCUT2D eigenvalue weighted by Gasteiger charge is -2.11. The third-order valence-electron chi connectivity index (χ3n) is 3.41. The molecule has 26 heavy (non-hydrogen) atoms. The molecule has 0 amide bonds. The molecule has 0 saturated heterocycles. The van der Waals surface area contributed by atoms with Crippen molar-refractivity contribution in [3.63, 3.8) is 0 Å². The highest BCUT2D eigenvalue weighted by molar-refractivity contribution is 8.00. The molecular weight excluding hydrogens is 378 g/mol. The quantitative estimate of drug-likeness (QED) is 0.275. The highest BCUT2D eigenvalue weighted by Gasteiger charge is 2.17. The second-order valence-corrected chi connectivity index (χ2v) is 7.55. The fourth-order valence-corrected chi connectivity index (χ4v) is 3.73. The number of aromatic nitrogens is 2. The number of benzene rings is 1. The van der Waals surface area contributed by atoms with Gasteiger partial charge in [-0.3, -0.25) is 24.1 Å². The van der Waals surface area contributed by atoms with Gasteiger partial charge in [-0.05, 0) is 19.1 Å². The zero-order valence-corrected chi connectivity index (χ0v) is 15.2. The average molecular weight is 391 g/mol. The predicted octanol–water partition coefficient (Wildman–Crippen LogP) is 2.89. The number of nitro benzene ring substituents is 1. The minimum atomic E-state index is -0.511. The van der Waals surface area contributed by atoms with Crippen LogP contribution in [0, 0.1) is 10.1 Å². The molecule has 3 aromatic rings. The SMILES string of the molecule is C[C@@H](Sc1ccc([N+](=O)[O-])cc1)C(=O)OCc1cc(=O)n2ccsc2n1. The number of carbonyl (C=O) groups is 1. The van der Waals surface area contributed by atoms with Gasteiger partial charge in [0.1, 0.15) is 11.9 Å². The third kappa shape index (κ3) is 4.09. The number of rotatable bonds is 6. The first-order chi connectivity index (χ1) is 12.4. The molecule has 1 atom stereocenters. The topological polar surface area (TPSA) is 104 Å². The minimum absolute atomic E-state index is 0.00842. The summed E-state index contributed by atoms with van der Waals surface area (Å²) in [6.45, 7) is 1.59. The van der Waals surface area contributed by atoms with Crippen LogP contribution in [0.25, 0.3) is 4.96 Å². The number of thiazole rings is 1. The van der Waals surface area contributed by atoms with E-state index in [1.807, 2.05) is 0 Å². The molecule has 0 unspecified atom stereocenters. The Morgan fingerprint density at radius 3 is 2.85 bits per heavy atom. The highest BCUT2D eigenvalue weighted by Crippen LogP contribution is 2.26. The summed E-state index contributed by atoms with van der Waals surface area (Å²) in [4.78, 5) is 39.7. The van der Waals surface area contributed by atoms with Crippen LogP contribution in [-0.2, 0) is 16.1 Å². The van der Waals surface area contributed by atoms with Crippen molar-refractivity contribution in [1.82, 2.24) is 9.38 Å². The van der Waals surface area contributed by atoms with Crippen molar-refractivity contribution in [3.8, 4) is 0 Å². The molecule has 10 heteroatoms. The van der Waals surface area contributed by atoms with E-state index in [-0.39, 0.29) is 17.9 Å². The fraction of sp³-hybridized carbons (Fsp3) is 0.188. The van der Waals surface area contributed by atoms with Crippen molar-refractivity contribution in [2.45, 2.75) is 23.7 Å². The van der Waals surface area contributed by atoms with Crippen molar-refractivity contribution in [2.24, 2.45) is 0 Å². The van der Waals surface area contributed by atoms with Crippen molar-refractivity contribution in [1.29, 1.82) is 0 Å². The van der Waals surface area contributed by atoms with Crippen LogP contribution in [0.1, 0.15) is 12.6 Å². The van der Waals surface area contributed by atoms with E-state index < -0.39 is 16.1 Å². The van der Waals surface area contributed by atoms with Gasteiger partial charge in [0.25, 0.3) is 11.2 Å². The molecule has 1 aromatic carbocycles. The molecule has 0 spiro atoms. The molecule has 0 N–H and O–H groups in total. The van der Waals surface area contributed by atoms with Crippen LogP contribution in [0.3, 0.4) is 0 Å². The molecule has 2 heterocycles. The normalized spacial score (nSPS) is 12.0. The molecule has 0 fully saturated rings. The highest BCUT2D eigenvalue weighted by atomic mass is 32.2. The van der Waals surface area contributed by atoms with Crippen LogP contribution in [0.2, 0.25) is 0 Å². The number of nitro groups is 1. The molecule has 0 bridgehead atoms. The molecule has 0 radical (unpaired) electrons. The number of hydrogen-bond acceptors (Lipinski definition) is 8. The van der Waals surface area contributed by atoms with Gasteiger partial charge < -0.3 is 4.74 Å². The zero-order chi connectivity index (χ0) is 18.7. The Morgan fingerprint density at radius 1 is 1.42 bits per heavy atom. The van der Waals surface area contributed by atoms with Gasteiger partial charge in [0.15, 0.2) is 4.96 Å². The van der Waals surface area contributed by atoms with Gasteiger partial charge in [0.05, 0.1) is 10.6 Å². The van der Waals surface area contributed by atoms with Crippen LogP contribution < -0.4 is 5.56 Å². The lowest BCUT2D eigenvalue weighted by Crippen LogP contribution is -2.19. The minimum Gasteiger partial charge on any atom is -0.458 e. The number of non-ortho nitro benzene ring substituents is 1. The maximum atomic E-state index is 12.1. The lowest BCUT2D eigenvalue weighted by atomic mass is 10.3. The Bertz CT molecular complexity index is 1010. The number of nitrogens with zero attached hydrogens (tertiary/aromatic N) is 3. The number of thioether (sulfide) groups is 1. The van der Waals surface area contributed by atoms with Crippen molar-refractivity contribution in [2.75, 3.05) is 0 Å². The van der Waals surface area contributed by atoms with Gasteiger partial charge >= 0.3 is 5.97 Å². The maximum Gasteiger partial charge on any atom is 0.319 e. The standard InChI is InChI=1S/C16H13N3O5S2/c1-10(26-13-4-2-12(3-5-13)19(22)23)15(21)24-9-11-8-14(20)18-6-7-25-16(18)17-11/h2-8,10H,9H2,1H3/t10-/m1/s1. The molecule has 0 aliphatic rings. The summed E-state index contributed by atoms with van der Waals surface area (Å²) in [6, 6.07) is 7.27. The summed E-state index contributed by atoms with van der Waals surface area (Å²) in [5.41, 5.74) is 0.153. The summed E-state index contributed by atoms with van der Waals surface area (Å²) in [7, 11) is 0. The van der Waals surface area contributed by atoms with E-state index in [9.17, 15) is 19.7 Å². The number of ether oxygens (including phenoxy) is 1. The first kappa shape index (κ1) is 18.1. The average Bonchev–Trinajstić information content (AvgIpc) is 3.09. The van der Waals surface area contributed by atoms with E-state index in [0.29, 0.717) is 10.7 Å². The van der Waals surface area contributed by atoms with E-state index in [2.05, 4.69) is 4.98 Å². The maximum absolute atomic E-state index is 12.1. The van der Waals surface area contributed by atoms with Gasteiger partial charge in [-0.1, -0.05) is 0 Å². The monoisotopic (exact) mass is 391 g/mol. The summed E-state index contributed by atoms with van der Waals surface area (Å²) in [5, 5.41) is 11.9. The summed E-state index contributed by atoms with van der Waals surface area (Å²) < 4.78 is 6.65. The Kier molecular flexibility index (Phi) is 5.33. The lowest BCUT2D eigenvalue weighted by molar-refractivity contribution is -0.384. The molecule has 3 rings (SSSR count). The smallest absolute Gasteiger partial charge is 0.319 e. The van der Waals surface area contributed by atoms with Crippen molar-refractivity contribution < 1.29 is 14.5 Å². The van der Waals surface area contributed by atoms with Crippen LogP contribution in [0.5, 0.6) is 0 Å². The molecule has 0 aliphatic heterocycles. The van der Waals surface area contributed by atoms with E-state index in [0.717, 1.165) is 4.90 Å². The van der Waals surface area contributed by atoms with Gasteiger partial charge in [0, 0.05) is 34.7 Å². The Balaban J connectivity index is 1.59. The van der Waals surface area contributed by atoms with Gasteiger partial charge in [0.2, 0.25) is 0 Å². The van der Waals surface area contributed by atoms with Gasteiger partial charge in [-0.2, -0.15) is 0 Å². The molecular formula is C16H13N3O5S2. The fourth-order valence-electron chi connectivity index (χ4n) is 2.12. The zero-order valence-electron chi connectivity index (χ0n) is 13.5. The van der Waals surface area contributed by atoms with Crippen LogP contribution in [-0.4, -0.2) is 25.5 Å². The van der Waals surface area contributed by atoms with E-state index in [1.165, 1.54) is 45.7 Å². The van der Waals surface area contributed by atoms with E-state index in [1.54, 1.807) is 30.6 Å². The number of carbonyl (C=O) groups excluding carboxylic acids is 1. The molecule has 0 saturated carbocycles. The molecule has 134 valence electrons. The predicted molar refractivity (Wildman–Crippen MR) is 97.6 cm³/mol. The number of hydrogen-bond donors (Lipinski definition) is 0. The molecule has 0 aliphatic carbocycles. The van der Waals surface area contributed by atoms with Gasteiger partial charge in [-0.15, -0.1) is 23.1 Å². The first-order valence-electron chi connectivity index (χ1n) is 7.47. The van der Waals surface area contributed by atoms with Crippen molar-refractivity contribution in [3.05, 3.63) is 68.1 Å². The van der Waals surface area contributed by atoms with Crippen LogP contribution >= 0.6 is 23.1 Å². The number of fused-ring (bicyclic) bond motifs is 1. The first-order valence-corrected chi connectivity index (χ1v) is 9.23. The Hall–Kier alpha value is -2.72. The van der Waals surface area contributed by atoms with E-state index >= 15 is 0 Å². The molecule has 8 nitrogen and oxygen atoms in total. The third-order valence-corrected chi connectivity index (χ3v) is 5.26. The van der Waals surface area contributed by atoms with Crippen molar-refractivity contribution >= 4 is 39.7 Å². The second kappa shape index (κ2) is 7.67. The number of esters is 1. The second-order valence-electron chi connectivity index (χ2n) is 5.26. The Labute approximate surface area is 155 Å². The molecule has 2 aromatic heterocycles. The summed E-state index contributed by atoms with van der Waals surface area (Å²) in [6.07, 6.45) is 1.63. The van der Waals surface area contributed by atoms with Crippen LogP contribution in [0.4, 0.5) is 5.69 Å². The Morgan fingerprint density at radius 2 is 2.15 bits per heavy atom. The van der Waals surface area contributed by atoms with Gasteiger partial charge in [-0.25, -0.2) is 4.98 Å². The summed E-state index contributed by atoms with van der Waals surface area (Å²) >= 11 is 2.55. The largest absolute Gasteiger partial charge is 0.458 e. The summed E-state index contributed by atoms with van der Waals surface area (Å²) in [5.74, 6) is -0.457.